The van der Waals surface area contributed by atoms with E-state index in [2.05, 4.69) is 43.4 Å². The van der Waals surface area contributed by atoms with Gasteiger partial charge in [-0.1, -0.05) is 105 Å². The molecule has 0 fully saturated rings. The minimum absolute atomic E-state index is 0.107. The van der Waals surface area contributed by atoms with Gasteiger partial charge in [0.1, 0.15) is 12.4 Å². The Bertz CT molecular complexity index is 1580. The molecule has 1 N–H and O–H groups in total. The molecule has 4 nitrogen and oxygen atoms in total. The second-order valence-electron chi connectivity index (χ2n) is 10.3. The molecule has 0 heterocycles. The molecule has 190 valence electrons. The average molecular weight is 521 g/mol. The summed E-state index contributed by atoms with van der Waals surface area (Å²) < 4.78 is 5.92. The highest BCUT2D eigenvalue weighted by atomic mass is 35.5. The van der Waals surface area contributed by atoms with Crippen LogP contribution in [0, 0.1) is 0 Å². The third-order valence-corrected chi connectivity index (χ3v) is 7.02. The van der Waals surface area contributed by atoms with E-state index >= 15 is 0 Å². The van der Waals surface area contributed by atoms with Crippen molar-refractivity contribution in [3.8, 4) is 5.75 Å². The number of carbonyl (C=O) groups excluding carboxylic acids is 1. The number of halogens is 1. The summed E-state index contributed by atoms with van der Waals surface area (Å²) in [4.78, 5) is 12.7. The van der Waals surface area contributed by atoms with Crippen molar-refractivity contribution >= 4 is 45.3 Å². The second kappa shape index (κ2) is 10.7. The van der Waals surface area contributed by atoms with Crippen molar-refractivity contribution in [1.29, 1.82) is 0 Å². The van der Waals surface area contributed by atoms with Crippen molar-refractivity contribution in [1.82, 2.24) is 5.43 Å². The zero-order valence-electron chi connectivity index (χ0n) is 21.7. The molecule has 0 bridgehead atoms. The van der Waals surface area contributed by atoms with Gasteiger partial charge in [0.2, 0.25) is 0 Å². The number of rotatable bonds is 6. The van der Waals surface area contributed by atoms with Crippen LogP contribution in [0.5, 0.6) is 5.75 Å². The first-order valence-electron chi connectivity index (χ1n) is 12.6. The first kappa shape index (κ1) is 25.5. The Morgan fingerprint density at radius 2 is 1.37 bits per heavy atom. The van der Waals surface area contributed by atoms with Crippen LogP contribution in [0.2, 0.25) is 5.02 Å². The molecule has 5 heteroatoms. The smallest absolute Gasteiger partial charge is 0.271 e. The van der Waals surface area contributed by atoms with Crippen LogP contribution in [0.3, 0.4) is 0 Å². The summed E-state index contributed by atoms with van der Waals surface area (Å²) in [6, 6.07) is 31.4. The number of carbonyl (C=O) groups is 1. The summed E-state index contributed by atoms with van der Waals surface area (Å²) in [7, 11) is 0. The predicted octanol–water partition coefficient (Wildman–Crippen LogP) is 8.29. The van der Waals surface area contributed by atoms with Crippen LogP contribution in [0.15, 0.2) is 102 Å². The second-order valence-corrected chi connectivity index (χ2v) is 10.7. The molecular weight excluding hydrogens is 492 g/mol. The van der Waals surface area contributed by atoms with E-state index in [1.807, 2.05) is 72.8 Å². The van der Waals surface area contributed by atoms with E-state index in [1.165, 1.54) is 5.56 Å². The number of amides is 1. The van der Waals surface area contributed by atoms with Gasteiger partial charge in [0.05, 0.1) is 11.2 Å². The van der Waals surface area contributed by atoms with E-state index in [4.69, 9.17) is 16.3 Å². The van der Waals surface area contributed by atoms with Crippen molar-refractivity contribution in [2.75, 3.05) is 0 Å². The molecule has 0 unspecified atom stereocenters. The molecule has 5 aromatic rings. The van der Waals surface area contributed by atoms with Crippen molar-refractivity contribution in [3.63, 3.8) is 0 Å². The van der Waals surface area contributed by atoms with E-state index < -0.39 is 0 Å². The Labute approximate surface area is 227 Å². The highest BCUT2D eigenvalue weighted by Crippen LogP contribution is 2.35. The summed E-state index contributed by atoms with van der Waals surface area (Å²) in [5.41, 5.74) is 6.43. The normalized spacial score (nSPS) is 11.8. The van der Waals surface area contributed by atoms with Crippen molar-refractivity contribution in [2.45, 2.75) is 32.8 Å². The molecule has 0 saturated heterocycles. The van der Waals surface area contributed by atoms with E-state index in [0.29, 0.717) is 17.2 Å². The monoisotopic (exact) mass is 520 g/mol. The fourth-order valence-corrected chi connectivity index (χ4v) is 4.77. The Morgan fingerprint density at radius 3 is 1.92 bits per heavy atom. The van der Waals surface area contributed by atoms with Crippen molar-refractivity contribution in [2.24, 2.45) is 5.10 Å². The van der Waals surface area contributed by atoms with Gasteiger partial charge in [0.15, 0.2) is 0 Å². The van der Waals surface area contributed by atoms with Gasteiger partial charge in [0.25, 0.3) is 5.91 Å². The summed E-state index contributed by atoms with van der Waals surface area (Å²) in [5.74, 6) is 0.533. The molecule has 5 aromatic carbocycles. The van der Waals surface area contributed by atoms with Crippen LogP contribution in [0.1, 0.15) is 47.8 Å². The summed E-state index contributed by atoms with van der Waals surface area (Å²) in [5, 5.41) is 8.84. The molecule has 1 amide bonds. The van der Waals surface area contributed by atoms with Crippen LogP contribution < -0.4 is 10.2 Å². The number of hydrogen-bond acceptors (Lipinski definition) is 3. The van der Waals surface area contributed by atoms with Crippen molar-refractivity contribution < 1.29 is 9.53 Å². The van der Waals surface area contributed by atoms with Gasteiger partial charge in [0, 0.05) is 21.9 Å². The number of hydrazone groups is 1. The minimum Gasteiger partial charge on any atom is -0.489 e. The average Bonchev–Trinajstić information content (AvgIpc) is 2.93. The molecular formula is C33H29ClN2O2. The number of nitrogens with zero attached hydrogens (tertiary/aromatic N) is 1. The lowest BCUT2D eigenvalue weighted by atomic mass is 9.87. The summed E-state index contributed by atoms with van der Waals surface area (Å²) in [6.07, 6.45) is 1.69. The molecule has 0 aliphatic rings. The third kappa shape index (κ3) is 5.41. The lowest BCUT2D eigenvalue weighted by molar-refractivity contribution is 0.0955. The van der Waals surface area contributed by atoms with Crippen LogP contribution in [0.4, 0.5) is 0 Å². The molecule has 0 atom stereocenters. The molecule has 0 radical (unpaired) electrons. The van der Waals surface area contributed by atoms with Crippen LogP contribution in [0.25, 0.3) is 21.5 Å². The number of hydrogen-bond donors (Lipinski definition) is 1. The first-order chi connectivity index (χ1) is 18.3. The van der Waals surface area contributed by atoms with Gasteiger partial charge in [-0.2, -0.15) is 5.10 Å². The van der Waals surface area contributed by atoms with Crippen LogP contribution in [-0.4, -0.2) is 12.1 Å². The summed E-state index contributed by atoms with van der Waals surface area (Å²) >= 11 is 6.68. The van der Waals surface area contributed by atoms with Gasteiger partial charge in [-0.15, -0.1) is 0 Å². The maximum atomic E-state index is 12.7. The Hall–Kier alpha value is -4.15. The zero-order valence-corrected chi connectivity index (χ0v) is 22.4. The quantitative estimate of drug-likeness (QED) is 0.139. The SMILES string of the molecule is CC(C)(C)c1ccc(OCc2ccc(C(=O)NN=Cc3c4ccccc4c(Cl)c4ccccc34)cc2)cc1. The third-order valence-electron chi connectivity index (χ3n) is 6.61. The standard InChI is InChI=1S/C33H29ClN2O2/c1-33(2,3)24-16-18-25(19-17-24)38-21-22-12-14-23(15-13-22)32(37)36-35-20-30-26-8-4-6-10-28(26)31(34)29-11-7-5-9-27(29)30/h4-20H,21H2,1-3H3,(H,36,37). The van der Waals surface area contributed by atoms with E-state index in [-0.39, 0.29) is 11.3 Å². The lowest BCUT2D eigenvalue weighted by Crippen LogP contribution is -2.17. The zero-order chi connectivity index (χ0) is 26.7. The number of fused-ring (bicyclic) bond motifs is 2. The highest BCUT2D eigenvalue weighted by Gasteiger charge is 2.13. The Kier molecular flexibility index (Phi) is 7.17. The Balaban J connectivity index is 1.26. The molecule has 0 aliphatic heterocycles. The topological polar surface area (TPSA) is 50.7 Å². The summed E-state index contributed by atoms with van der Waals surface area (Å²) in [6.45, 7) is 6.99. The fraction of sp³-hybridized carbons (Fsp3) is 0.152. The largest absolute Gasteiger partial charge is 0.489 e. The van der Waals surface area contributed by atoms with E-state index in [0.717, 1.165) is 38.4 Å². The molecule has 5 rings (SSSR count). The molecule has 0 spiro atoms. The lowest BCUT2D eigenvalue weighted by Gasteiger charge is -2.19. The number of ether oxygens (including phenoxy) is 1. The van der Waals surface area contributed by atoms with E-state index in [1.54, 1.807) is 18.3 Å². The minimum atomic E-state index is -0.283. The van der Waals surface area contributed by atoms with Crippen LogP contribution >= 0.6 is 11.6 Å². The Morgan fingerprint density at radius 1 is 0.816 bits per heavy atom. The number of nitrogens with one attached hydrogen (secondary N) is 1. The number of benzene rings is 5. The van der Waals surface area contributed by atoms with Gasteiger partial charge in [-0.05, 0) is 51.6 Å². The molecule has 0 saturated carbocycles. The predicted molar refractivity (Wildman–Crippen MR) is 157 cm³/mol. The molecule has 0 aromatic heterocycles. The highest BCUT2D eigenvalue weighted by molar-refractivity contribution is 6.42. The van der Waals surface area contributed by atoms with E-state index in [9.17, 15) is 4.79 Å². The fourth-order valence-electron chi connectivity index (χ4n) is 4.44. The van der Waals surface area contributed by atoms with Crippen LogP contribution in [-0.2, 0) is 12.0 Å². The molecule has 0 aliphatic carbocycles. The molecule has 38 heavy (non-hydrogen) atoms. The van der Waals surface area contributed by atoms with Gasteiger partial charge >= 0.3 is 0 Å². The first-order valence-corrected chi connectivity index (χ1v) is 12.9. The van der Waals surface area contributed by atoms with Gasteiger partial charge < -0.3 is 4.74 Å². The maximum Gasteiger partial charge on any atom is 0.271 e. The van der Waals surface area contributed by atoms with Gasteiger partial charge in [-0.3, -0.25) is 4.79 Å². The maximum absolute atomic E-state index is 12.7. The van der Waals surface area contributed by atoms with Crippen molar-refractivity contribution in [3.05, 3.63) is 124 Å². The van der Waals surface area contributed by atoms with Gasteiger partial charge in [-0.25, -0.2) is 5.43 Å².